The minimum absolute atomic E-state index is 0.0642. The van der Waals surface area contributed by atoms with E-state index in [1.165, 1.54) is 12.1 Å². The third kappa shape index (κ3) is 2.50. The number of halogens is 1. The number of nitrogens with zero attached hydrogens (tertiary/aromatic N) is 1. The number of amides is 3. The zero-order valence-corrected chi connectivity index (χ0v) is 11.7. The van der Waals surface area contributed by atoms with E-state index in [1.807, 2.05) is 24.3 Å². The van der Waals surface area contributed by atoms with Crippen LogP contribution in [0.3, 0.4) is 0 Å². The molecule has 3 N–H and O–H groups in total. The fraction of sp³-hybridized carbons (Fsp3) is 0.125. The Morgan fingerprint density at radius 2 is 1.95 bits per heavy atom. The van der Waals surface area contributed by atoms with Gasteiger partial charge in [-0.05, 0) is 36.2 Å². The first kappa shape index (κ1) is 14.1. The van der Waals surface area contributed by atoms with Crippen molar-refractivity contribution in [3.05, 3.63) is 59.4 Å². The summed E-state index contributed by atoms with van der Waals surface area (Å²) in [4.78, 5) is 25.0. The number of nitrogens with one attached hydrogen (secondary N) is 1. The largest absolute Gasteiger partial charge is 0.366 e. The van der Waals surface area contributed by atoms with Crippen molar-refractivity contribution in [3.8, 4) is 0 Å². The van der Waals surface area contributed by atoms with Crippen LogP contribution in [0, 0.1) is 5.82 Å². The van der Waals surface area contributed by atoms with Crippen LogP contribution in [0.4, 0.5) is 20.6 Å². The average molecular weight is 299 g/mol. The van der Waals surface area contributed by atoms with Crippen LogP contribution >= 0.6 is 0 Å². The van der Waals surface area contributed by atoms with Gasteiger partial charge in [-0.25, -0.2) is 9.18 Å². The molecule has 22 heavy (non-hydrogen) atoms. The molecule has 5 nitrogen and oxygen atoms in total. The number of carbonyl (C=O) groups excluding carboxylic acids is 2. The van der Waals surface area contributed by atoms with Crippen LogP contribution in [0.25, 0.3) is 0 Å². The van der Waals surface area contributed by atoms with Gasteiger partial charge < -0.3 is 11.1 Å². The quantitative estimate of drug-likeness (QED) is 0.894. The number of para-hydroxylation sites is 1. The summed E-state index contributed by atoms with van der Waals surface area (Å²) < 4.78 is 13.8. The van der Waals surface area contributed by atoms with Crippen molar-refractivity contribution in [1.82, 2.24) is 0 Å². The Balaban J connectivity index is 1.84. The van der Waals surface area contributed by atoms with E-state index in [9.17, 15) is 14.0 Å². The van der Waals surface area contributed by atoms with Crippen LogP contribution in [0.1, 0.15) is 15.9 Å². The Hall–Kier alpha value is -2.89. The summed E-state index contributed by atoms with van der Waals surface area (Å²) in [6.07, 6.45) is 0.757. The highest BCUT2D eigenvalue weighted by Gasteiger charge is 2.24. The van der Waals surface area contributed by atoms with Crippen LogP contribution in [0.5, 0.6) is 0 Å². The second-order valence-electron chi connectivity index (χ2n) is 5.02. The summed E-state index contributed by atoms with van der Waals surface area (Å²) >= 11 is 0. The van der Waals surface area contributed by atoms with Gasteiger partial charge in [0.2, 0.25) is 5.91 Å². The van der Waals surface area contributed by atoms with Crippen molar-refractivity contribution in [2.75, 3.05) is 16.8 Å². The fourth-order valence-electron chi connectivity index (χ4n) is 2.51. The third-order valence-corrected chi connectivity index (χ3v) is 3.62. The molecule has 2 aromatic rings. The van der Waals surface area contributed by atoms with E-state index in [0.29, 0.717) is 6.54 Å². The molecule has 1 aliphatic heterocycles. The maximum atomic E-state index is 13.8. The van der Waals surface area contributed by atoms with Gasteiger partial charge in [-0.3, -0.25) is 9.69 Å². The van der Waals surface area contributed by atoms with E-state index >= 15 is 0 Å². The third-order valence-electron chi connectivity index (χ3n) is 3.62. The number of hydrogen-bond acceptors (Lipinski definition) is 2. The van der Waals surface area contributed by atoms with E-state index in [-0.39, 0.29) is 11.3 Å². The number of carbonyl (C=O) groups is 2. The highest BCUT2D eigenvalue weighted by molar-refractivity contribution is 6.04. The molecular formula is C16H14FN3O2. The van der Waals surface area contributed by atoms with E-state index in [0.717, 1.165) is 23.7 Å². The molecule has 112 valence electrons. The Bertz CT molecular complexity index is 761. The van der Waals surface area contributed by atoms with Gasteiger partial charge in [0, 0.05) is 17.8 Å². The Kier molecular flexibility index (Phi) is 3.50. The lowest BCUT2D eigenvalue weighted by Gasteiger charge is -2.18. The van der Waals surface area contributed by atoms with Gasteiger partial charge in [0.25, 0.3) is 0 Å². The van der Waals surface area contributed by atoms with Crippen molar-refractivity contribution in [1.29, 1.82) is 0 Å². The van der Waals surface area contributed by atoms with E-state index < -0.39 is 17.8 Å². The molecule has 0 atom stereocenters. The number of benzene rings is 2. The molecule has 0 spiro atoms. The smallest absolute Gasteiger partial charge is 0.326 e. The highest BCUT2D eigenvalue weighted by Crippen LogP contribution is 2.28. The maximum absolute atomic E-state index is 13.8. The average Bonchev–Trinajstić information content (AvgIpc) is 2.93. The van der Waals surface area contributed by atoms with Crippen molar-refractivity contribution >= 4 is 23.3 Å². The maximum Gasteiger partial charge on any atom is 0.326 e. The highest BCUT2D eigenvalue weighted by atomic mass is 19.1. The number of anilines is 2. The molecule has 2 aromatic carbocycles. The molecule has 0 unspecified atom stereocenters. The van der Waals surface area contributed by atoms with Crippen molar-refractivity contribution in [3.63, 3.8) is 0 Å². The lowest BCUT2D eigenvalue weighted by molar-refractivity contribution is 0.1000. The van der Waals surface area contributed by atoms with Gasteiger partial charge in [0.1, 0.15) is 5.82 Å². The summed E-state index contributed by atoms with van der Waals surface area (Å²) in [6.45, 7) is 0.530. The summed E-state index contributed by atoms with van der Waals surface area (Å²) in [5.74, 6) is -1.30. The number of primary amides is 1. The van der Waals surface area contributed by atoms with E-state index in [4.69, 9.17) is 5.73 Å². The van der Waals surface area contributed by atoms with Crippen LogP contribution < -0.4 is 16.0 Å². The molecule has 0 fully saturated rings. The predicted octanol–water partition coefficient (Wildman–Crippen LogP) is 2.52. The monoisotopic (exact) mass is 299 g/mol. The first-order chi connectivity index (χ1) is 10.6. The van der Waals surface area contributed by atoms with Gasteiger partial charge in [0.15, 0.2) is 0 Å². The van der Waals surface area contributed by atoms with Crippen LogP contribution in [-0.2, 0) is 6.42 Å². The second kappa shape index (κ2) is 5.48. The predicted molar refractivity (Wildman–Crippen MR) is 81.4 cm³/mol. The minimum atomic E-state index is -0.679. The molecule has 0 aliphatic carbocycles. The number of rotatable bonds is 2. The lowest BCUT2D eigenvalue weighted by Crippen LogP contribution is -2.33. The number of nitrogens with two attached hydrogens (primary N) is 1. The zero-order valence-electron chi connectivity index (χ0n) is 11.7. The van der Waals surface area contributed by atoms with E-state index in [1.54, 1.807) is 4.90 Å². The molecule has 3 amide bonds. The Morgan fingerprint density at radius 1 is 1.18 bits per heavy atom. The molecular weight excluding hydrogens is 285 g/mol. The number of fused-ring (bicyclic) bond motifs is 1. The molecule has 3 rings (SSSR count). The molecule has 1 aliphatic rings. The van der Waals surface area contributed by atoms with Crippen LogP contribution in [0.2, 0.25) is 0 Å². The van der Waals surface area contributed by atoms with Gasteiger partial charge in [0.05, 0.1) is 5.69 Å². The Labute approximate surface area is 126 Å². The summed E-state index contributed by atoms with van der Waals surface area (Å²) in [5.41, 5.74) is 7.12. The number of hydrogen-bond donors (Lipinski definition) is 2. The SMILES string of the molecule is NC(=O)c1ccc(F)c(NC(=O)N2CCc3ccccc32)c1. The summed E-state index contributed by atoms with van der Waals surface area (Å²) in [5, 5.41) is 2.49. The zero-order chi connectivity index (χ0) is 15.7. The van der Waals surface area contributed by atoms with Gasteiger partial charge >= 0.3 is 6.03 Å². The second-order valence-corrected chi connectivity index (χ2v) is 5.02. The van der Waals surface area contributed by atoms with Crippen LogP contribution in [-0.4, -0.2) is 18.5 Å². The molecule has 0 radical (unpaired) electrons. The van der Waals surface area contributed by atoms with Crippen LogP contribution in [0.15, 0.2) is 42.5 Å². The lowest BCUT2D eigenvalue weighted by atomic mass is 10.2. The molecule has 6 heteroatoms. The van der Waals surface area contributed by atoms with Crippen molar-refractivity contribution in [2.24, 2.45) is 5.73 Å². The fourth-order valence-corrected chi connectivity index (χ4v) is 2.51. The van der Waals surface area contributed by atoms with Crippen molar-refractivity contribution < 1.29 is 14.0 Å². The first-order valence-corrected chi connectivity index (χ1v) is 6.82. The molecule has 0 bridgehead atoms. The standard InChI is InChI=1S/C16H14FN3O2/c17-12-6-5-11(15(18)21)9-13(12)19-16(22)20-8-7-10-3-1-2-4-14(10)20/h1-6,9H,7-8H2,(H2,18,21)(H,19,22). The molecule has 0 saturated heterocycles. The van der Waals surface area contributed by atoms with Gasteiger partial charge in [-0.1, -0.05) is 18.2 Å². The summed E-state index contributed by atoms with van der Waals surface area (Å²) in [6, 6.07) is 10.7. The Morgan fingerprint density at radius 3 is 2.73 bits per heavy atom. The normalized spacial score (nSPS) is 12.9. The summed E-state index contributed by atoms with van der Waals surface area (Å²) in [7, 11) is 0. The number of urea groups is 1. The van der Waals surface area contributed by atoms with Gasteiger partial charge in [-0.15, -0.1) is 0 Å². The van der Waals surface area contributed by atoms with Gasteiger partial charge in [-0.2, -0.15) is 0 Å². The van der Waals surface area contributed by atoms with E-state index in [2.05, 4.69) is 5.32 Å². The molecule has 1 heterocycles. The minimum Gasteiger partial charge on any atom is -0.366 e. The first-order valence-electron chi connectivity index (χ1n) is 6.82. The molecule has 0 saturated carbocycles. The topological polar surface area (TPSA) is 75.4 Å². The molecule has 0 aromatic heterocycles. The van der Waals surface area contributed by atoms with Crippen molar-refractivity contribution in [2.45, 2.75) is 6.42 Å².